The van der Waals surface area contributed by atoms with Crippen LogP contribution in [-0.4, -0.2) is 34.7 Å². The molecule has 1 fully saturated rings. The first-order valence-electron chi connectivity index (χ1n) is 12.9. The Bertz CT molecular complexity index is 932. The number of rotatable bonds is 4. The highest BCUT2D eigenvalue weighted by molar-refractivity contribution is 7.13. The highest BCUT2D eigenvalue weighted by atomic mass is 32.1. The van der Waals surface area contributed by atoms with Crippen molar-refractivity contribution >= 4 is 23.0 Å². The van der Waals surface area contributed by atoms with Crippen molar-refractivity contribution in [2.45, 2.75) is 98.0 Å². The molecule has 2 unspecified atom stereocenters. The number of amides is 1. The maximum absolute atomic E-state index is 12.5. The summed E-state index contributed by atoms with van der Waals surface area (Å²) in [6, 6.07) is 0. The molecule has 0 N–H and O–H groups in total. The molecule has 3 atom stereocenters. The lowest BCUT2D eigenvalue weighted by atomic mass is 9.55. The van der Waals surface area contributed by atoms with Gasteiger partial charge in [-0.25, -0.2) is 9.78 Å². The van der Waals surface area contributed by atoms with E-state index in [1.165, 1.54) is 40.4 Å². The van der Waals surface area contributed by atoms with E-state index in [9.17, 15) is 4.79 Å². The number of allylic oxidation sites excluding steroid dienone is 3. The molecule has 3 aliphatic rings. The molecular formula is C28H42N2O2S. The quantitative estimate of drug-likeness (QED) is 0.425. The van der Waals surface area contributed by atoms with Crippen molar-refractivity contribution < 1.29 is 9.53 Å². The number of ether oxygens (including phenoxy) is 1. The van der Waals surface area contributed by atoms with Gasteiger partial charge < -0.3 is 9.64 Å². The van der Waals surface area contributed by atoms with Gasteiger partial charge in [0.15, 0.2) is 0 Å². The molecule has 1 aliphatic heterocycles. The third-order valence-corrected chi connectivity index (χ3v) is 9.54. The van der Waals surface area contributed by atoms with Crippen molar-refractivity contribution in [3.05, 3.63) is 33.8 Å². The van der Waals surface area contributed by atoms with Crippen LogP contribution in [0, 0.1) is 17.3 Å². The molecule has 0 bridgehead atoms. The molecule has 1 aromatic rings. The molecule has 1 amide bonds. The third kappa shape index (κ3) is 4.67. The maximum atomic E-state index is 12.5. The van der Waals surface area contributed by atoms with Crippen LogP contribution >= 0.6 is 11.3 Å². The minimum atomic E-state index is -0.444. The van der Waals surface area contributed by atoms with E-state index in [1.54, 1.807) is 5.57 Å². The van der Waals surface area contributed by atoms with E-state index in [0.717, 1.165) is 38.8 Å². The summed E-state index contributed by atoms with van der Waals surface area (Å²) in [5.41, 5.74) is 4.08. The van der Waals surface area contributed by atoms with Crippen LogP contribution in [0.1, 0.15) is 102 Å². The first-order chi connectivity index (χ1) is 15.6. The molecule has 182 valence electrons. The lowest BCUT2D eigenvalue weighted by molar-refractivity contribution is 0.0204. The van der Waals surface area contributed by atoms with E-state index in [4.69, 9.17) is 9.72 Å². The fraction of sp³-hybridized carbons (Fsp3) is 0.714. The smallest absolute Gasteiger partial charge is 0.410 e. The topological polar surface area (TPSA) is 42.4 Å². The summed E-state index contributed by atoms with van der Waals surface area (Å²) in [6.07, 6.45) is 10.2. The second-order valence-electron chi connectivity index (χ2n) is 11.5. The maximum Gasteiger partial charge on any atom is 0.410 e. The highest BCUT2D eigenvalue weighted by Crippen LogP contribution is 2.59. The summed E-state index contributed by atoms with van der Waals surface area (Å²) in [7, 11) is 0. The molecular weight excluding hydrogens is 428 g/mol. The minimum Gasteiger partial charge on any atom is -0.444 e. The second-order valence-corrected chi connectivity index (χ2v) is 12.5. The number of fused-ring (bicyclic) bond motifs is 3. The van der Waals surface area contributed by atoms with Crippen LogP contribution in [0.15, 0.2) is 18.2 Å². The molecule has 1 saturated heterocycles. The number of likely N-dealkylation sites (tertiary alicyclic amines) is 1. The van der Waals surface area contributed by atoms with E-state index < -0.39 is 5.60 Å². The number of hydrogen-bond acceptors (Lipinski definition) is 4. The summed E-state index contributed by atoms with van der Waals surface area (Å²) in [4.78, 5) is 21.0. The summed E-state index contributed by atoms with van der Waals surface area (Å²) in [5.74, 6) is 1.71. The third-order valence-electron chi connectivity index (χ3n) is 8.25. The van der Waals surface area contributed by atoms with E-state index in [-0.39, 0.29) is 11.5 Å². The average Bonchev–Trinajstić information content (AvgIpc) is 3.20. The van der Waals surface area contributed by atoms with Gasteiger partial charge in [-0.3, -0.25) is 0 Å². The molecule has 4 rings (SSSR count). The van der Waals surface area contributed by atoms with Crippen LogP contribution < -0.4 is 0 Å². The minimum absolute atomic E-state index is 0.183. The highest BCUT2D eigenvalue weighted by Gasteiger charge is 2.48. The lowest BCUT2D eigenvalue weighted by Gasteiger charge is -2.49. The van der Waals surface area contributed by atoms with Crippen molar-refractivity contribution in [2.24, 2.45) is 17.3 Å². The number of aromatic nitrogens is 1. The summed E-state index contributed by atoms with van der Waals surface area (Å²) < 4.78 is 5.58. The predicted octanol–water partition coefficient (Wildman–Crippen LogP) is 7.61. The standard InChI is InChI=1S/C28H42N2O2S/c1-8-21-16-23-24(22-11-10-20(18(3)4)17-28(21,22)9-2)33-25(29-23)19-12-14-30(15-13-19)26(31)32-27(5,6)7/h11,19-21H,3,8-10,12-17H2,1-2,4-7H3/t20-,21?,28?/m1/s1. The normalized spacial score (nSPS) is 28.1. The Kier molecular flexibility index (Phi) is 6.83. The summed E-state index contributed by atoms with van der Waals surface area (Å²) in [6.45, 7) is 18.5. The first-order valence-corrected chi connectivity index (χ1v) is 13.7. The monoisotopic (exact) mass is 470 g/mol. The van der Waals surface area contributed by atoms with Crippen molar-refractivity contribution in [2.75, 3.05) is 13.1 Å². The summed E-state index contributed by atoms with van der Waals surface area (Å²) in [5, 5.41) is 1.29. The molecule has 0 radical (unpaired) electrons. The molecule has 1 aromatic heterocycles. The van der Waals surface area contributed by atoms with Crippen molar-refractivity contribution in [3.8, 4) is 0 Å². The Labute approximate surface area is 204 Å². The Hall–Kier alpha value is -1.62. The average molecular weight is 471 g/mol. The molecule has 33 heavy (non-hydrogen) atoms. The van der Waals surface area contributed by atoms with Gasteiger partial charge in [0.1, 0.15) is 5.60 Å². The van der Waals surface area contributed by atoms with Crippen molar-refractivity contribution in [1.82, 2.24) is 9.88 Å². The Morgan fingerprint density at radius 2 is 2.00 bits per heavy atom. The molecule has 0 aromatic carbocycles. The number of piperidine rings is 1. The van der Waals surface area contributed by atoms with Gasteiger partial charge in [0.25, 0.3) is 0 Å². The van der Waals surface area contributed by atoms with Gasteiger partial charge >= 0.3 is 6.09 Å². The van der Waals surface area contributed by atoms with Crippen LogP contribution in [0.25, 0.3) is 5.57 Å². The Balaban J connectivity index is 1.55. The molecule has 2 heterocycles. The number of carbonyl (C=O) groups excluding carboxylic acids is 1. The molecule has 0 spiro atoms. The van der Waals surface area contributed by atoms with Gasteiger partial charge in [0, 0.05) is 19.0 Å². The molecule has 5 heteroatoms. The van der Waals surface area contributed by atoms with E-state index >= 15 is 0 Å². The second kappa shape index (κ2) is 9.20. The lowest BCUT2D eigenvalue weighted by Crippen LogP contribution is -2.41. The Morgan fingerprint density at radius 1 is 1.30 bits per heavy atom. The number of nitrogens with zero attached hydrogens (tertiary/aromatic N) is 2. The van der Waals surface area contributed by atoms with Crippen LogP contribution in [0.5, 0.6) is 0 Å². The van der Waals surface area contributed by atoms with Gasteiger partial charge in [-0.2, -0.15) is 0 Å². The SMILES string of the molecule is C=C(C)[C@@H]1CC=C2c3sc(C4CCN(C(=O)OC(C)(C)C)CC4)nc3CC(CC)C2(CC)C1. The molecule has 0 saturated carbocycles. The van der Waals surface area contributed by atoms with Gasteiger partial charge in [-0.15, -0.1) is 11.3 Å². The zero-order valence-corrected chi connectivity index (χ0v) is 22.3. The molecule has 4 nitrogen and oxygen atoms in total. The van der Waals surface area contributed by atoms with Crippen LogP contribution in [0.3, 0.4) is 0 Å². The largest absolute Gasteiger partial charge is 0.444 e. The Morgan fingerprint density at radius 3 is 2.58 bits per heavy atom. The first kappa shape index (κ1) is 24.5. The van der Waals surface area contributed by atoms with Crippen LogP contribution in [0.2, 0.25) is 0 Å². The van der Waals surface area contributed by atoms with E-state index in [2.05, 4.69) is 33.4 Å². The zero-order chi connectivity index (χ0) is 24.0. The fourth-order valence-electron chi connectivity index (χ4n) is 6.29. The molecule has 2 aliphatic carbocycles. The van der Waals surface area contributed by atoms with Gasteiger partial charge in [0.05, 0.1) is 15.6 Å². The number of carbonyl (C=O) groups is 1. The summed E-state index contributed by atoms with van der Waals surface area (Å²) >= 11 is 1.95. The predicted molar refractivity (Wildman–Crippen MR) is 138 cm³/mol. The fourth-order valence-corrected chi connectivity index (χ4v) is 7.70. The van der Waals surface area contributed by atoms with E-state index in [0.29, 0.717) is 17.8 Å². The van der Waals surface area contributed by atoms with Crippen molar-refractivity contribution in [1.29, 1.82) is 0 Å². The van der Waals surface area contributed by atoms with Crippen molar-refractivity contribution in [3.63, 3.8) is 0 Å². The van der Waals surface area contributed by atoms with Crippen LogP contribution in [-0.2, 0) is 11.2 Å². The van der Waals surface area contributed by atoms with Gasteiger partial charge in [-0.05, 0) is 89.0 Å². The van der Waals surface area contributed by atoms with Gasteiger partial charge in [0.2, 0.25) is 0 Å². The number of thiazole rings is 1. The van der Waals surface area contributed by atoms with Crippen LogP contribution in [0.4, 0.5) is 4.79 Å². The number of hydrogen-bond donors (Lipinski definition) is 0. The van der Waals surface area contributed by atoms with E-state index in [1.807, 2.05) is 37.0 Å². The zero-order valence-electron chi connectivity index (χ0n) is 21.5. The van der Waals surface area contributed by atoms with Gasteiger partial charge in [-0.1, -0.05) is 38.5 Å².